The van der Waals surface area contributed by atoms with Crippen LogP contribution in [0.5, 0.6) is 0 Å². The molecule has 0 spiro atoms. The largest absolute Gasteiger partial charge is 0.350 e. The van der Waals surface area contributed by atoms with E-state index in [4.69, 9.17) is 0 Å². The second kappa shape index (κ2) is 6.28. The van der Waals surface area contributed by atoms with E-state index in [0.717, 1.165) is 25.2 Å². The molecule has 2 rings (SSSR count). The van der Waals surface area contributed by atoms with Crippen molar-refractivity contribution in [1.29, 1.82) is 0 Å². The van der Waals surface area contributed by atoms with Crippen LogP contribution in [0.3, 0.4) is 0 Å². The summed E-state index contributed by atoms with van der Waals surface area (Å²) in [5.74, 6) is -0.992. The number of pyridine rings is 1. The van der Waals surface area contributed by atoms with Crippen molar-refractivity contribution in [2.24, 2.45) is 0 Å². The van der Waals surface area contributed by atoms with Crippen LogP contribution in [0.25, 0.3) is 0 Å². The third kappa shape index (κ3) is 3.62. The highest BCUT2D eigenvalue weighted by atomic mass is 19.1. The predicted molar refractivity (Wildman–Crippen MR) is 72.3 cm³/mol. The van der Waals surface area contributed by atoms with Gasteiger partial charge >= 0.3 is 0 Å². The SMILES string of the molecule is CC(C)N(CC1CCCCN1)c1ncc(F)cc1F. The van der Waals surface area contributed by atoms with Gasteiger partial charge in [0.1, 0.15) is 5.82 Å². The van der Waals surface area contributed by atoms with Crippen molar-refractivity contribution in [3.8, 4) is 0 Å². The van der Waals surface area contributed by atoms with Gasteiger partial charge in [0.15, 0.2) is 11.6 Å². The molecule has 0 aliphatic carbocycles. The summed E-state index contributed by atoms with van der Waals surface area (Å²) in [6.07, 6.45) is 4.55. The normalized spacial score (nSPS) is 19.7. The first kappa shape index (κ1) is 14.2. The van der Waals surface area contributed by atoms with Crippen molar-refractivity contribution >= 4 is 5.82 Å². The van der Waals surface area contributed by atoms with Gasteiger partial charge in [-0.1, -0.05) is 6.42 Å². The molecule has 2 heterocycles. The molecular weight excluding hydrogens is 248 g/mol. The summed E-state index contributed by atoms with van der Waals surface area (Å²) in [6.45, 7) is 5.70. The Kier molecular flexibility index (Phi) is 4.69. The fourth-order valence-corrected chi connectivity index (χ4v) is 2.48. The smallest absolute Gasteiger partial charge is 0.168 e. The van der Waals surface area contributed by atoms with E-state index in [-0.39, 0.29) is 11.9 Å². The fourth-order valence-electron chi connectivity index (χ4n) is 2.48. The number of nitrogens with one attached hydrogen (secondary N) is 1. The molecule has 1 aliphatic rings. The maximum Gasteiger partial charge on any atom is 0.168 e. The maximum atomic E-state index is 13.9. The summed E-state index contributed by atoms with van der Waals surface area (Å²) in [5.41, 5.74) is 0. The first-order valence-electron chi connectivity index (χ1n) is 6.89. The Bertz CT molecular complexity index is 417. The van der Waals surface area contributed by atoms with Gasteiger partial charge in [-0.3, -0.25) is 0 Å². The average molecular weight is 269 g/mol. The van der Waals surface area contributed by atoms with E-state index in [1.54, 1.807) is 0 Å². The van der Waals surface area contributed by atoms with Crippen LogP contribution in [-0.4, -0.2) is 30.2 Å². The Morgan fingerprint density at radius 1 is 1.42 bits per heavy atom. The Balaban J connectivity index is 2.14. The van der Waals surface area contributed by atoms with Gasteiger partial charge in [-0.05, 0) is 33.2 Å². The highest BCUT2D eigenvalue weighted by molar-refractivity contribution is 5.41. The van der Waals surface area contributed by atoms with Gasteiger partial charge in [0.2, 0.25) is 0 Å². The van der Waals surface area contributed by atoms with Crippen LogP contribution in [0.4, 0.5) is 14.6 Å². The molecule has 1 N–H and O–H groups in total. The van der Waals surface area contributed by atoms with E-state index in [2.05, 4.69) is 10.3 Å². The first-order chi connectivity index (χ1) is 9.08. The van der Waals surface area contributed by atoms with E-state index >= 15 is 0 Å². The van der Waals surface area contributed by atoms with Crippen molar-refractivity contribution in [1.82, 2.24) is 10.3 Å². The Labute approximate surface area is 113 Å². The Morgan fingerprint density at radius 2 is 2.21 bits per heavy atom. The highest BCUT2D eigenvalue weighted by Gasteiger charge is 2.22. The Morgan fingerprint density at radius 3 is 2.79 bits per heavy atom. The van der Waals surface area contributed by atoms with Crippen LogP contribution in [-0.2, 0) is 0 Å². The molecule has 5 heteroatoms. The number of aromatic nitrogens is 1. The van der Waals surface area contributed by atoms with Crippen LogP contribution < -0.4 is 10.2 Å². The second-order valence-electron chi connectivity index (χ2n) is 5.35. The topological polar surface area (TPSA) is 28.2 Å². The monoisotopic (exact) mass is 269 g/mol. The van der Waals surface area contributed by atoms with Crippen LogP contribution in [0.15, 0.2) is 12.3 Å². The molecule has 0 radical (unpaired) electrons. The van der Waals surface area contributed by atoms with Crippen LogP contribution in [0, 0.1) is 11.6 Å². The van der Waals surface area contributed by atoms with Gasteiger partial charge in [0, 0.05) is 24.7 Å². The molecule has 0 aromatic carbocycles. The van der Waals surface area contributed by atoms with Crippen LogP contribution in [0.1, 0.15) is 33.1 Å². The molecular formula is C14H21F2N3. The van der Waals surface area contributed by atoms with E-state index < -0.39 is 11.6 Å². The van der Waals surface area contributed by atoms with Crippen molar-refractivity contribution in [2.75, 3.05) is 18.0 Å². The molecule has 1 aliphatic heterocycles. The third-order valence-electron chi connectivity index (χ3n) is 3.51. The molecule has 1 aromatic heterocycles. The minimum atomic E-state index is -0.638. The number of anilines is 1. The molecule has 1 atom stereocenters. The average Bonchev–Trinajstić information content (AvgIpc) is 2.38. The quantitative estimate of drug-likeness (QED) is 0.911. The zero-order chi connectivity index (χ0) is 13.8. The lowest BCUT2D eigenvalue weighted by Crippen LogP contribution is -2.46. The van der Waals surface area contributed by atoms with Crippen molar-refractivity contribution in [3.63, 3.8) is 0 Å². The molecule has 19 heavy (non-hydrogen) atoms. The lowest BCUT2D eigenvalue weighted by atomic mass is 10.0. The lowest BCUT2D eigenvalue weighted by Gasteiger charge is -2.34. The first-order valence-corrected chi connectivity index (χ1v) is 6.89. The summed E-state index contributed by atoms with van der Waals surface area (Å²) in [7, 11) is 0. The van der Waals surface area contributed by atoms with Gasteiger partial charge in [-0.15, -0.1) is 0 Å². The van der Waals surface area contributed by atoms with E-state index in [1.165, 1.54) is 12.8 Å². The van der Waals surface area contributed by atoms with E-state index in [1.807, 2.05) is 18.7 Å². The minimum Gasteiger partial charge on any atom is -0.350 e. The number of hydrogen-bond acceptors (Lipinski definition) is 3. The van der Waals surface area contributed by atoms with Gasteiger partial charge in [-0.2, -0.15) is 0 Å². The molecule has 1 fully saturated rings. The highest BCUT2D eigenvalue weighted by Crippen LogP contribution is 2.21. The zero-order valence-electron chi connectivity index (χ0n) is 11.5. The maximum absolute atomic E-state index is 13.9. The van der Waals surface area contributed by atoms with E-state index in [0.29, 0.717) is 12.6 Å². The molecule has 0 bridgehead atoms. The summed E-state index contributed by atoms with van der Waals surface area (Å²) >= 11 is 0. The summed E-state index contributed by atoms with van der Waals surface area (Å²) in [5, 5.41) is 3.44. The van der Waals surface area contributed by atoms with Crippen LogP contribution in [0.2, 0.25) is 0 Å². The number of nitrogens with zero attached hydrogens (tertiary/aromatic N) is 2. The molecule has 1 saturated heterocycles. The Hall–Kier alpha value is -1.23. The summed E-state index contributed by atoms with van der Waals surface area (Å²) in [4.78, 5) is 5.81. The molecule has 1 unspecified atom stereocenters. The minimum absolute atomic E-state index is 0.121. The number of halogens is 2. The standard InChI is InChI=1S/C14H21F2N3/c1-10(2)19(9-12-5-3-4-6-17-12)14-13(16)7-11(15)8-18-14/h7-8,10,12,17H,3-6,9H2,1-2H3. The number of hydrogen-bond donors (Lipinski definition) is 1. The molecule has 3 nitrogen and oxygen atoms in total. The van der Waals surface area contributed by atoms with Crippen LogP contribution >= 0.6 is 0 Å². The molecule has 106 valence electrons. The molecule has 1 aromatic rings. The van der Waals surface area contributed by atoms with Crippen molar-refractivity contribution < 1.29 is 8.78 Å². The van der Waals surface area contributed by atoms with E-state index in [9.17, 15) is 8.78 Å². The molecule has 0 saturated carbocycles. The van der Waals surface area contributed by atoms with Crippen molar-refractivity contribution in [3.05, 3.63) is 23.9 Å². The van der Waals surface area contributed by atoms with Gasteiger partial charge in [0.25, 0.3) is 0 Å². The van der Waals surface area contributed by atoms with Gasteiger partial charge in [0.05, 0.1) is 6.20 Å². The van der Waals surface area contributed by atoms with Gasteiger partial charge in [-0.25, -0.2) is 13.8 Å². The molecule has 0 amide bonds. The zero-order valence-corrected chi connectivity index (χ0v) is 11.5. The second-order valence-corrected chi connectivity index (χ2v) is 5.35. The number of rotatable bonds is 4. The predicted octanol–water partition coefficient (Wildman–Crippen LogP) is 2.72. The fraction of sp³-hybridized carbons (Fsp3) is 0.643. The third-order valence-corrected chi connectivity index (χ3v) is 3.51. The summed E-state index contributed by atoms with van der Waals surface area (Å²) < 4.78 is 26.8. The van der Waals surface area contributed by atoms with Gasteiger partial charge < -0.3 is 10.2 Å². The number of piperidine rings is 1. The van der Waals surface area contributed by atoms with Crippen molar-refractivity contribution in [2.45, 2.75) is 45.2 Å². The lowest BCUT2D eigenvalue weighted by molar-refractivity contribution is 0.390. The summed E-state index contributed by atoms with van der Waals surface area (Å²) in [6, 6.07) is 1.37.